The molecule has 2 aliphatic carbocycles. The molecule has 0 bridgehead atoms. The van der Waals surface area contributed by atoms with Gasteiger partial charge in [-0.3, -0.25) is 34.1 Å². The number of carbonyl (C=O) groups excluding carboxylic acids is 3. The highest BCUT2D eigenvalue weighted by atomic mass is 19.1. The average Bonchev–Trinajstić information content (AvgIpc) is 3.66. The second kappa shape index (κ2) is 23.1. The molecule has 3 aromatic rings. The van der Waals surface area contributed by atoms with Gasteiger partial charge in [0.2, 0.25) is 11.8 Å². The normalized spacial score (nSPS) is 22.5. The molecule has 5 aliphatic rings. The van der Waals surface area contributed by atoms with Gasteiger partial charge in [0.25, 0.3) is 5.91 Å². The second-order valence-electron chi connectivity index (χ2n) is 19.2. The van der Waals surface area contributed by atoms with E-state index in [1.54, 1.807) is 0 Å². The summed E-state index contributed by atoms with van der Waals surface area (Å²) in [5.41, 5.74) is 6.51. The van der Waals surface area contributed by atoms with E-state index in [4.69, 9.17) is 9.47 Å². The monoisotopic (exact) mass is 902 g/mol. The third kappa shape index (κ3) is 13.3. The van der Waals surface area contributed by atoms with Crippen LogP contribution in [-0.4, -0.2) is 121 Å². The molecular formula is C53H68FN7O5. The number of ketones is 1. The number of piperazine rings is 1. The van der Waals surface area contributed by atoms with Crippen LogP contribution < -0.4 is 15.4 Å². The fourth-order valence-electron chi connectivity index (χ4n) is 10.1. The number of pyridine rings is 1. The van der Waals surface area contributed by atoms with Crippen molar-refractivity contribution in [2.24, 2.45) is 16.8 Å². The summed E-state index contributed by atoms with van der Waals surface area (Å²) in [7, 11) is 0. The summed E-state index contributed by atoms with van der Waals surface area (Å²) in [5, 5.41) is 6.24. The topological polar surface area (TPSA) is 129 Å². The Morgan fingerprint density at radius 2 is 1.67 bits per heavy atom. The molecule has 4 heterocycles. The number of fused-ring (bicyclic) bond motifs is 1. The van der Waals surface area contributed by atoms with Crippen molar-refractivity contribution in [1.82, 2.24) is 30.3 Å². The maximum atomic E-state index is 14.7. The van der Waals surface area contributed by atoms with Gasteiger partial charge in [-0.1, -0.05) is 54.8 Å². The molecule has 4 fully saturated rings. The maximum absolute atomic E-state index is 14.7. The Morgan fingerprint density at radius 3 is 2.47 bits per heavy atom. The van der Waals surface area contributed by atoms with Gasteiger partial charge in [0.15, 0.2) is 5.78 Å². The molecule has 8 rings (SSSR count). The summed E-state index contributed by atoms with van der Waals surface area (Å²) in [4.78, 5) is 55.4. The molecule has 2 saturated carbocycles. The van der Waals surface area contributed by atoms with Crippen LogP contribution in [-0.2, 0) is 27.4 Å². The van der Waals surface area contributed by atoms with Crippen LogP contribution in [0.4, 0.5) is 4.39 Å². The van der Waals surface area contributed by atoms with E-state index in [9.17, 15) is 18.8 Å². The van der Waals surface area contributed by atoms with Gasteiger partial charge in [-0.05, 0) is 130 Å². The van der Waals surface area contributed by atoms with E-state index in [2.05, 4.69) is 65.7 Å². The van der Waals surface area contributed by atoms with Crippen LogP contribution in [0.15, 0.2) is 83.5 Å². The van der Waals surface area contributed by atoms with Crippen molar-refractivity contribution in [2.45, 2.75) is 103 Å². The highest BCUT2D eigenvalue weighted by Crippen LogP contribution is 2.34. The molecule has 1 unspecified atom stereocenters. The van der Waals surface area contributed by atoms with E-state index in [1.807, 2.05) is 38.1 Å². The number of nitrogens with one attached hydrogen (secondary N) is 2. The van der Waals surface area contributed by atoms with E-state index in [0.717, 1.165) is 108 Å². The van der Waals surface area contributed by atoms with Crippen molar-refractivity contribution in [3.8, 4) is 22.8 Å². The first-order chi connectivity index (χ1) is 32.1. The summed E-state index contributed by atoms with van der Waals surface area (Å²) < 4.78 is 26.6. The Kier molecular flexibility index (Phi) is 16.6. The summed E-state index contributed by atoms with van der Waals surface area (Å²) in [5.74, 6) is 0.264. The molecule has 66 heavy (non-hydrogen) atoms. The molecule has 2 N–H and O–H groups in total. The number of allylic oxidation sites excluding steroid dienone is 3. The molecule has 13 heteroatoms. The summed E-state index contributed by atoms with van der Waals surface area (Å²) in [6, 6.07) is 15.8. The van der Waals surface area contributed by atoms with Gasteiger partial charge in [0.1, 0.15) is 17.3 Å². The Balaban J connectivity index is 0.892. The van der Waals surface area contributed by atoms with Gasteiger partial charge in [-0.2, -0.15) is 0 Å². The molecule has 2 amide bonds. The van der Waals surface area contributed by atoms with Crippen LogP contribution >= 0.6 is 0 Å². The zero-order chi connectivity index (χ0) is 45.8. The van der Waals surface area contributed by atoms with Gasteiger partial charge in [0, 0.05) is 71.0 Å². The molecule has 3 aliphatic heterocycles. The van der Waals surface area contributed by atoms with Gasteiger partial charge in [-0.25, -0.2) is 9.37 Å². The fourth-order valence-corrected chi connectivity index (χ4v) is 10.1. The first kappa shape index (κ1) is 47.4. The van der Waals surface area contributed by atoms with Crippen LogP contribution in [0.3, 0.4) is 0 Å². The van der Waals surface area contributed by atoms with E-state index in [1.165, 1.54) is 54.5 Å². The van der Waals surface area contributed by atoms with Crippen LogP contribution in [0.25, 0.3) is 11.1 Å². The molecule has 0 radical (unpaired) electrons. The van der Waals surface area contributed by atoms with Crippen molar-refractivity contribution < 1.29 is 28.2 Å². The largest absolute Gasteiger partial charge is 0.438 e. The highest BCUT2D eigenvalue weighted by molar-refractivity contribution is 6.43. The number of hydrogen-bond donors (Lipinski definition) is 2. The predicted molar refractivity (Wildman–Crippen MR) is 256 cm³/mol. The fraction of sp³-hybridized carbons (Fsp3) is 0.528. The van der Waals surface area contributed by atoms with E-state index < -0.39 is 5.82 Å². The zero-order valence-electron chi connectivity index (χ0n) is 38.9. The zero-order valence-corrected chi connectivity index (χ0v) is 38.9. The Hall–Kier alpha value is -5.08. The van der Waals surface area contributed by atoms with Gasteiger partial charge in [-0.15, -0.1) is 0 Å². The van der Waals surface area contributed by atoms with Crippen molar-refractivity contribution in [3.05, 3.63) is 101 Å². The molecular weight excluding hydrogens is 834 g/mol. The minimum absolute atomic E-state index is 0.0470. The Morgan fingerprint density at radius 1 is 0.879 bits per heavy atom. The minimum atomic E-state index is -0.614. The van der Waals surface area contributed by atoms with Crippen LogP contribution in [0.2, 0.25) is 0 Å². The molecule has 0 spiro atoms. The number of aromatic nitrogens is 1. The van der Waals surface area contributed by atoms with Gasteiger partial charge in [0.05, 0.1) is 31.5 Å². The number of morpholine rings is 1. The number of carbonyl (C=O) groups is 3. The third-order valence-electron chi connectivity index (χ3n) is 13.8. The molecule has 2 saturated heterocycles. The highest BCUT2D eigenvalue weighted by Gasteiger charge is 2.27. The number of aliphatic imine (C=N–C) groups is 1. The van der Waals surface area contributed by atoms with E-state index in [0.29, 0.717) is 43.7 Å². The molecule has 1 atom stereocenters. The second-order valence-corrected chi connectivity index (χ2v) is 19.2. The number of rotatable bonds is 15. The van der Waals surface area contributed by atoms with E-state index in [-0.39, 0.29) is 47.0 Å². The van der Waals surface area contributed by atoms with Crippen LogP contribution in [0.5, 0.6) is 11.6 Å². The Labute approximate surface area is 390 Å². The number of benzene rings is 2. The molecule has 2 aromatic carbocycles. The first-order valence-electron chi connectivity index (χ1n) is 24.5. The molecule has 352 valence electrons. The van der Waals surface area contributed by atoms with Crippen molar-refractivity contribution in [2.75, 3.05) is 65.6 Å². The number of hydrogen-bond acceptors (Lipinski definition) is 10. The third-order valence-corrected chi connectivity index (χ3v) is 13.8. The maximum Gasteiger partial charge on any atom is 0.269 e. The van der Waals surface area contributed by atoms with Crippen LogP contribution in [0.1, 0.15) is 99.5 Å². The summed E-state index contributed by atoms with van der Waals surface area (Å²) in [6.07, 6.45) is 16.8. The van der Waals surface area contributed by atoms with E-state index >= 15 is 0 Å². The lowest BCUT2D eigenvalue weighted by atomic mass is 9.85. The first-order valence-corrected chi connectivity index (χ1v) is 24.5. The standard InChI is InChI=1S/C53H68FN7O5/c1-37(2)57-51(63)36-60-23-21-59(22-24-60)34-39-13-17-47(43(29-39)35-61-25-27-65-28-26-61)42-9-6-10-46(30-42)66-53-48(32-44(54)33-56-53)50(62)18-14-38-11-15-45(16-12-38)58-52(64)49-31-41-8-5-3-4-7-40(41)19-20-55-49/h6,9-10,13-14,17-18,29-33,37-38,40,45H,3-5,7-8,11-12,15-16,19-28,34-36H2,1-2H3,(H,57,63)(H,58,64)/b18-14+. The lowest BCUT2D eigenvalue weighted by Gasteiger charge is -2.34. The lowest BCUT2D eigenvalue weighted by molar-refractivity contribution is -0.123. The van der Waals surface area contributed by atoms with Crippen molar-refractivity contribution in [1.29, 1.82) is 0 Å². The molecule has 12 nitrogen and oxygen atoms in total. The number of halogens is 1. The number of amides is 2. The number of ether oxygens (including phenoxy) is 2. The number of nitrogens with zero attached hydrogens (tertiary/aromatic N) is 5. The van der Waals surface area contributed by atoms with Gasteiger partial charge < -0.3 is 20.1 Å². The quantitative estimate of drug-likeness (QED) is 0.116. The van der Waals surface area contributed by atoms with Crippen molar-refractivity contribution in [3.63, 3.8) is 0 Å². The predicted octanol–water partition coefficient (Wildman–Crippen LogP) is 7.92. The average molecular weight is 902 g/mol. The smallest absolute Gasteiger partial charge is 0.269 e. The lowest BCUT2D eigenvalue weighted by Crippen LogP contribution is -2.49. The minimum Gasteiger partial charge on any atom is -0.438 e. The SMILES string of the molecule is CC(C)NC(=O)CN1CCN(Cc2ccc(-c3cccc(Oc4ncc(F)cc4C(=O)/C=C/C4CCC(NC(=O)C5=NCCC6CCCCCC6=C5)CC4)c3)c(CN3CCOCC3)c2)CC1. The Bertz CT molecular complexity index is 2260. The summed E-state index contributed by atoms with van der Waals surface area (Å²) in [6.45, 7) is 13.3. The molecule has 1 aromatic heterocycles. The van der Waals surface area contributed by atoms with Crippen LogP contribution in [0, 0.1) is 17.7 Å². The summed E-state index contributed by atoms with van der Waals surface area (Å²) >= 11 is 0. The van der Waals surface area contributed by atoms with Gasteiger partial charge >= 0.3 is 0 Å². The van der Waals surface area contributed by atoms with Crippen molar-refractivity contribution >= 4 is 23.3 Å².